The van der Waals surface area contributed by atoms with E-state index in [9.17, 15) is 14.0 Å². The molecule has 0 radical (unpaired) electrons. The molecular formula is C20H15FN4O2. The molecule has 0 spiro atoms. The van der Waals surface area contributed by atoms with Crippen molar-refractivity contribution in [3.8, 4) is 0 Å². The van der Waals surface area contributed by atoms with Gasteiger partial charge in [0.1, 0.15) is 5.82 Å². The average molecular weight is 362 g/mol. The summed E-state index contributed by atoms with van der Waals surface area (Å²) in [5, 5.41) is 6.54. The average Bonchev–Trinajstić information content (AvgIpc) is 2.69. The van der Waals surface area contributed by atoms with Gasteiger partial charge in [0.15, 0.2) is 0 Å². The highest BCUT2D eigenvalue weighted by atomic mass is 19.1. The van der Waals surface area contributed by atoms with Gasteiger partial charge in [0.2, 0.25) is 0 Å². The molecule has 3 aromatic rings. The van der Waals surface area contributed by atoms with Gasteiger partial charge in [-0.1, -0.05) is 12.1 Å². The molecule has 134 valence electrons. The molecule has 0 bridgehead atoms. The van der Waals surface area contributed by atoms with Gasteiger partial charge in [0.05, 0.1) is 6.21 Å². The molecule has 3 rings (SSSR count). The van der Waals surface area contributed by atoms with Crippen molar-refractivity contribution in [2.75, 3.05) is 5.32 Å². The van der Waals surface area contributed by atoms with Crippen LogP contribution in [0.4, 0.5) is 10.1 Å². The van der Waals surface area contributed by atoms with E-state index in [-0.39, 0.29) is 0 Å². The summed E-state index contributed by atoms with van der Waals surface area (Å²) in [5.41, 5.74) is 4.24. The number of pyridine rings is 1. The zero-order valence-electron chi connectivity index (χ0n) is 14.1. The number of amides is 2. The van der Waals surface area contributed by atoms with E-state index in [1.54, 1.807) is 42.7 Å². The Morgan fingerprint density at radius 1 is 0.963 bits per heavy atom. The van der Waals surface area contributed by atoms with Crippen LogP contribution in [0.3, 0.4) is 0 Å². The van der Waals surface area contributed by atoms with Gasteiger partial charge in [-0.2, -0.15) is 5.10 Å². The molecule has 1 aromatic heterocycles. The number of carbonyl (C=O) groups is 2. The van der Waals surface area contributed by atoms with Gasteiger partial charge in [-0.05, 0) is 48.5 Å². The Hall–Kier alpha value is -3.87. The number of rotatable bonds is 5. The van der Waals surface area contributed by atoms with Crippen LogP contribution in [0.15, 0.2) is 78.2 Å². The third-order valence-electron chi connectivity index (χ3n) is 3.55. The van der Waals surface area contributed by atoms with Crippen molar-refractivity contribution in [1.29, 1.82) is 0 Å². The van der Waals surface area contributed by atoms with Gasteiger partial charge in [-0.3, -0.25) is 14.6 Å². The SMILES string of the molecule is O=C(NN=Cc1cccnc1)c1cccc(NC(=O)c2ccc(F)cc2)c1. The number of anilines is 1. The molecule has 0 saturated heterocycles. The van der Waals surface area contributed by atoms with E-state index in [1.807, 2.05) is 0 Å². The number of benzene rings is 2. The van der Waals surface area contributed by atoms with Crippen molar-refractivity contribution in [2.45, 2.75) is 0 Å². The van der Waals surface area contributed by atoms with Crippen LogP contribution in [0.2, 0.25) is 0 Å². The van der Waals surface area contributed by atoms with Crippen molar-refractivity contribution in [3.05, 3.63) is 95.6 Å². The lowest BCUT2D eigenvalue weighted by atomic mass is 10.1. The van der Waals surface area contributed by atoms with Crippen LogP contribution in [-0.4, -0.2) is 23.0 Å². The van der Waals surface area contributed by atoms with Gasteiger partial charge >= 0.3 is 0 Å². The molecule has 0 aliphatic carbocycles. The molecule has 1 heterocycles. The number of aromatic nitrogens is 1. The van der Waals surface area contributed by atoms with Crippen LogP contribution in [-0.2, 0) is 0 Å². The summed E-state index contributed by atoms with van der Waals surface area (Å²) >= 11 is 0. The lowest BCUT2D eigenvalue weighted by Crippen LogP contribution is -2.18. The van der Waals surface area contributed by atoms with E-state index in [1.165, 1.54) is 36.5 Å². The number of hydrogen-bond donors (Lipinski definition) is 2. The molecule has 0 atom stereocenters. The first kappa shape index (κ1) is 17.9. The van der Waals surface area contributed by atoms with Crippen molar-refractivity contribution < 1.29 is 14.0 Å². The predicted octanol–water partition coefficient (Wildman–Crippen LogP) is 3.24. The Bertz CT molecular complexity index is 973. The van der Waals surface area contributed by atoms with Crippen LogP contribution in [0, 0.1) is 5.82 Å². The van der Waals surface area contributed by atoms with Gasteiger partial charge in [-0.15, -0.1) is 0 Å². The Morgan fingerprint density at radius 3 is 2.52 bits per heavy atom. The fourth-order valence-electron chi connectivity index (χ4n) is 2.23. The Labute approximate surface area is 154 Å². The minimum atomic E-state index is -0.423. The number of nitrogens with one attached hydrogen (secondary N) is 2. The quantitative estimate of drug-likeness (QED) is 0.540. The summed E-state index contributed by atoms with van der Waals surface area (Å²) in [5.74, 6) is -1.24. The molecule has 2 amide bonds. The lowest BCUT2D eigenvalue weighted by Gasteiger charge is -2.07. The Morgan fingerprint density at radius 2 is 1.78 bits per heavy atom. The first-order valence-electron chi connectivity index (χ1n) is 8.02. The number of halogens is 1. The van der Waals surface area contributed by atoms with Crippen LogP contribution >= 0.6 is 0 Å². The Kier molecular flexibility index (Phi) is 5.64. The maximum absolute atomic E-state index is 12.9. The minimum Gasteiger partial charge on any atom is -0.322 e. The number of carbonyl (C=O) groups excluding carboxylic acids is 2. The number of hydrazone groups is 1. The van der Waals surface area contributed by atoms with Crippen LogP contribution in [0.5, 0.6) is 0 Å². The Balaban J connectivity index is 1.64. The largest absolute Gasteiger partial charge is 0.322 e. The normalized spacial score (nSPS) is 10.6. The summed E-state index contributed by atoms with van der Waals surface area (Å²) in [6, 6.07) is 15.2. The molecule has 0 unspecified atom stereocenters. The first-order chi connectivity index (χ1) is 13.1. The molecule has 6 nitrogen and oxygen atoms in total. The van der Waals surface area contributed by atoms with Crippen molar-refractivity contribution in [2.24, 2.45) is 5.10 Å². The topological polar surface area (TPSA) is 83.4 Å². The highest BCUT2D eigenvalue weighted by Gasteiger charge is 2.09. The molecule has 0 saturated carbocycles. The molecule has 7 heteroatoms. The van der Waals surface area contributed by atoms with E-state index in [0.29, 0.717) is 16.8 Å². The molecule has 27 heavy (non-hydrogen) atoms. The van der Waals surface area contributed by atoms with E-state index >= 15 is 0 Å². The second kappa shape index (κ2) is 8.48. The molecule has 0 fully saturated rings. The smallest absolute Gasteiger partial charge is 0.271 e. The van der Waals surface area contributed by atoms with E-state index in [2.05, 4.69) is 20.8 Å². The third kappa shape index (κ3) is 5.05. The van der Waals surface area contributed by atoms with Crippen molar-refractivity contribution in [1.82, 2.24) is 10.4 Å². The van der Waals surface area contributed by atoms with E-state index in [4.69, 9.17) is 0 Å². The number of nitrogens with zero attached hydrogens (tertiary/aromatic N) is 2. The number of hydrogen-bond acceptors (Lipinski definition) is 4. The molecule has 2 aromatic carbocycles. The van der Waals surface area contributed by atoms with Crippen LogP contribution in [0.1, 0.15) is 26.3 Å². The monoisotopic (exact) mass is 362 g/mol. The fraction of sp³-hybridized carbons (Fsp3) is 0. The van der Waals surface area contributed by atoms with Crippen LogP contribution in [0.25, 0.3) is 0 Å². The van der Waals surface area contributed by atoms with E-state index in [0.717, 1.165) is 5.56 Å². The summed E-state index contributed by atoms with van der Waals surface area (Å²) < 4.78 is 12.9. The molecule has 0 aliphatic rings. The molecule has 0 aliphatic heterocycles. The maximum atomic E-state index is 12.9. The van der Waals surface area contributed by atoms with Gasteiger partial charge < -0.3 is 5.32 Å². The predicted molar refractivity (Wildman–Crippen MR) is 100 cm³/mol. The van der Waals surface area contributed by atoms with E-state index < -0.39 is 17.6 Å². The molecular weight excluding hydrogens is 347 g/mol. The minimum absolute atomic E-state index is 0.312. The second-order valence-electron chi connectivity index (χ2n) is 5.53. The molecule has 2 N–H and O–H groups in total. The van der Waals surface area contributed by atoms with Crippen LogP contribution < -0.4 is 10.7 Å². The lowest BCUT2D eigenvalue weighted by molar-refractivity contribution is 0.0953. The summed E-state index contributed by atoms with van der Waals surface area (Å²) in [6.45, 7) is 0. The first-order valence-corrected chi connectivity index (χ1v) is 8.02. The standard InChI is InChI=1S/C20H15FN4O2/c21-17-8-6-15(7-9-17)19(26)24-18-5-1-4-16(11-18)20(27)25-23-13-14-3-2-10-22-12-14/h1-13H,(H,24,26)(H,25,27). The highest BCUT2D eigenvalue weighted by Crippen LogP contribution is 2.13. The van der Waals surface area contributed by atoms with Crippen molar-refractivity contribution >= 4 is 23.7 Å². The maximum Gasteiger partial charge on any atom is 0.271 e. The van der Waals surface area contributed by atoms with Gasteiger partial charge in [0.25, 0.3) is 11.8 Å². The van der Waals surface area contributed by atoms with Gasteiger partial charge in [-0.25, -0.2) is 9.82 Å². The summed E-state index contributed by atoms with van der Waals surface area (Å²) in [7, 11) is 0. The van der Waals surface area contributed by atoms with Crippen molar-refractivity contribution in [3.63, 3.8) is 0 Å². The zero-order chi connectivity index (χ0) is 19.1. The summed E-state index contributed by atoms with van der Waals surface area (Å²) in [4.78, 5) is 28.3. The summed E-state index contributed by atoms with van der Waals surface area (Å²) in [6.07, 6.45) is 4.73. The van der Waals surface area contributed by atoms with Gasteiger partial charge in [0, 0.05) is 34.8 Å². The highest BCUT2D eigenvalue weighted by molar-refractivity contribution is 6.05. The zero-order valence-corrected chi connectivity index (χ0v) is 14.1. The fourth-order valence-corrected chi connectivity index (χ4v) is 2.23. The third-order valence-corrected chi connectivity index (χ3v) is 3.55. The second-order valence-corrected chi connectivity index (χ2v) is 5.53.